The predicted octanol–water partition coefficient (Wildman–Crippen LogP) is 7.14. The first-order chi connectivity index (χ1) is 13.0. The molecule has 0 N–H and O–H groups in total. The average Bonchev–Trinajstić information content (AvgIpc) is 2.66. The normalized spacial score (nSPS) is 10.9. The number of benzene rings is 2. The molecule has 4 heteroatoms. The summed E-state index contributed by atoms with van der Waals surface area (Å²) in [6.07, 6.45) is 6.05. The molecule has 0 heterocycles. The molecule has 0 fully saturated rings. The van der Waals surface area contributed by atoms with Gasteiger partial charge in [-0.25, -0.2) is 4.79 Å². The number of halogens is 1. The van der Waals surface area contributed by atoms with Gasteiger partial charge in [0.2, 0.25) is 0 Å². The van der Waals surface area contributed by atoms with E-state index in [-0.39, 0.29) is 5.97 Å². The van der Waals surface area contributed by atoms with E-state index in [2.05, 4.69) is 36.7 Å². The largest absolute Gasteiger partial charge is 0.494 e. The molecule has 2 aromatic rings. The van der Waals surface area contributed by atoms with E-state index in [0.29, 0.717) is 23.8 Å². The molecule has 0 amide bonds. The van der Waals surface area contributed by atoms with Crippen molar-refractivity contribution < 1.29 is 14.3 Å². The molecule has 27 heavy (non-hydrogen) atoms. The zero-order chi connectivity index (χ0) is 19.6. The Balaban J connectivity index is 1.86. The molecule has 0 aromatic heterocycles. The quantitative estimate of drug-likeness (QED) is 0.227. The highest BCUT2D eigenvalue weighted by molar-refractivity contribution is 9.10. The summed E-state index contributed by atoms with van der Waals surface area (Å²) >= 11 is 3.48. The fraction of sp³-hybridized carbons (Fsp3) is 0.435. The Labute approximate surface area is 171 Å². The fourth-order valence-electron chi connectivity index (χ4n) is 2.70. The molecule has 0 saturated heterocycles. The number of unbranched alkanes of at least 4 members (excludes halogenated alkanes) is 4. The first kappa shape index (κ1) is 21.5. The highest BCUT2D eigenvalue weighted by atomic mass is 79.9. The van der Waals surface area contributed by atoms with Gasteiger partial charge in [-0.3, -0.25) is 0 Å². The third-order valence-electron chi connectivity index (χ3n) is 4.43. The second kappa shape index (κ2) is 11.1. The second-order valence-corrected chi connectivity index (χ2v) is 7.88. The van der Waals surface area contributed by atoms with Gasteiger partial charge in [0.15, 0.2) is 0 Å². The SMILES string of the molecule is CCCCCCCOc1ccc(C(=O)Oc2ccc(C(C)C)cc2Br)cc1. The van der Waals surface area contributed by atoms with Crippen LogP contribution in [0, 0.1) is 0 Å². The van der Waals surface area contributed by atoms with Crippen LogP contribution in [0.2, 0.25) is 0 Å². The van der Waals surface area contributed by atoms with Crippen molar-refractivity contribution in [2.75, 3.05) is 6.61 Å². The van der Waals surface area contributed by atoms with Gasteiger partial charge in [0.05, 0.1) is 16.6 Å². The van der Waals surface area contributed by atoms with Crippen LogP contribution in [0.1, 0.15) is 74.7 Å². The minimum atomic E-state index is -0.376. The fourth-order valence-corrected chi connectivity index (χ4v) is 3.18. The summed E-state index contributed by atoms with van der Waals surface area (Å²) in [5.41, 5.74) is 1.70. The molecule has 2 aromatic carbocycles. The minimum Gasteiger partial charge on any atom is -0.494 e. The van der Waals surface area contributed by atoms with E-state index in [1.54, 1.807) is 12.1 Å². The van der Waals surface area contributed by atoms with Gasteiger partial charge in [0, 0.05) is 0 Å². The van der Waals surface area contributed by atoms with Crippen molar-refractivity contribution in [3.05, 3.63) is 58.1 Å². The van der Waals surface area contributed by atoms with Crippen LogP contribution >= 0.6 is 15.9 Å². The van der Waals surface area contributed by atoms with Gasteiger partial charge in [-0.2, -0.15) is 0 Å². The van der Waals surface area contributed by atoms with Crippen LogP contribution in [0.5, 0.6) is 11.5 Å². The summed E-state index contributed by atoms with van der Waals surface area (Å²) in [7, 11) is 0. The van der Waals surface area contributed by atoms with Crippen LogP contribution in [0.25, 0.3) is 0 Å². The van der Waals surface area contributed by atoms with Crippen LogP contribution in [0.3, 0.4) is 0 Å². The Hall–Kier alpha value is -1.81. The Bertz CT molecular complexity index is 723. The highest BCUT2D eigenvalue weighted by Gasteiger charge is 2.12. The lowest BCUT2D eigenvalue weighted by Crippen LogP contribution is -2.09. The predicted molar refractivity (Wildman–Crippen MR) is 114 cm³/mol. The smallest absolute Gasteiger partial charge is 0.343 e. The number of hydrogen-bond donors (Lipinski definition) is 0. The Kier molecular flexibility index (Phi) is 8.86. The van der Waals surface area contributed by atoms with Gasteiger partial charge >= 0.3 is 5.97 Å². The molecule has 3 nitrogen and oxygen atoms in total. The standard InChI is InChI=1S/C23H29BrO3/c1-4-5-6-7-8-15-26-20-12-9-18(10-13-20)23(25)27-22-14-11-19(17(2)3)16-21(22)24/h9-14,16-17H,4-8,15H2,1-3H3. The molecule has 0 saturated carbocycles. The van der Waals surface area contributed by atoms with Crippen LogP contribution in [0.4, 0.5) is 0 Å². The first-order valence-electron chi connectivity index (χ1n) is 9.75. The zero-order valence-electron chi connectivity index (χ0n) is 16.5. The lowest BCUT2D eigenvalue weighted by molar-refractivity contribution is 0.0733. The third kappa shape index (κ3) is 7.02. The molecule has 0 bridgehead atoms. The van der Waals surface area contributed by atoms with Gasteiger partial charge in [0.25, 0.3) is 0 Å². The maximum absolute atomic E-state index is 12.4. The summed E-state index contributed by atoms with van der Waals surface area (Å²) < 4.78 is 12.0. The molecule has 0 radical (unpaired) electrons. The third-order valence-corrected chi connectivity index (χ3v) is 5.05. The van der Waals surface area contributed by atoms with E-state index in [1.165, 1.54) is 31.2 Å². The molecular weight excluding hydrogens is 404 g/mol. The van der Waals surface area contributed by atoms with Gasteiger partial charge in [-0.15, -0.1) is 0 Å². The van der Waals surface area contributed by atoms with Crippen LogP contribution in [-0.4, -0.2) is 12.6 Å². The van der Waals surface area contributed by atoms with Gasteiger partial charge in [0.1, 0.15) is 11.5 Å². The van der Waals surface area contributed by atoms with Crippen molar-refractivity contribution in [2.45, 2.75) is 58.8 Å². The number of esters is 1. The lowest BCUT2D eigenvalue weighted by Gasteiger charge is -2.11. The number of rotatable bonds is 10. The molecule has 0 spiro atoms. The summed E-state index contributed by atoms with van der Waals surface area (Å²) in [4.78, 5) is 12.4. The van der Waals surface area contributed by atoms with E-state index >= 15 is 0 Å². The van der Waals surface area contributed by atoms with E-state index in [9.17, 15) is 4.79 Å². The van der Waals surface area contributed by atoms with E-state index < -0.39 is 0 Å². The van der Waals surface area contributed by atoms with Crippen molar-refractivity contribution in [3.63, 3.8) is 0 Å². The molecule has 2 rings (SSSR count). The van der Waals surface area contributed by atoms with Gasteiger partial charge in [-0.05, 0) is 70.2 Å². The monoisotopic (exact) mass is 432 g/mol. The van der Waals surface area contributed by atoms with Crippen molar-refractivity contribution in [1.82, 2.24) is 0 Å². The summed E-state index contributed by atoms with van der Waals surface area (Å²) in [5, 5.41) is 0. The first-order valence-corrected chi connectivity index (χ1v) is 10.5. The number of ether oxygens (including phenoxy) is 2. The molecule has 0 aliphatic rings. The molecular formula is C23H29BrO3. The highest BCUT2D eigenvalue weighted by Crippen LogP contribution is 2.29. The maximum Gasteiger partial charge on any atom is 0.343 e. The molecule has 0 unspecified atom stereocenters. The van der Waals surface area contributed by atoms with E-state index in [0.717, 1.165) is 16.6 Å². The molecule has 0 aliphatic heterocycles. The van der Waals surface area contributed by atoms with Crippen molar-refractivity contribution in [3.8, 4) is 11.5 Å². The Morgan fingerprint density at radius 3 is 2.33 bits per heavy atom. The number of hydrogen-bond acceptors (Lipinski definition) is 3. The maximum atomic E-state index is 12.4. The molecule has 146 valence electrons. The second-order valence-electron chi connectivity index (χ2n) is 7.02. The van der Waals surface area contributed by atoms with Crippen LogP contribution in [-0.2, 0) is 0 Å². The van der Waals surface area contributed by atoms with Crippen molar-refractivity contribution >= 4 is 21.9 Å². The minimum absolute atomic E-state index is 0.376. The topological polar surface area (TPSA) is 35.5 Å². The average molecular weight is 433 g/mol. The molecule has 0 atom stereocenters. The van der Waals surface area contributed by atoms with Crippen LogP contribution < -0.4 is 9.47 Å². The van der Waals surface area contributed by atoms with Gasteiger partial charge in [-0.1, -0.05) is 52.5 Å². The van der Waals surface area contributed by atoms with Gasteiger partial charge < -0.3 is 9.47 Å². The number of carbonyl (C=O) groups is 1. The summed E-state index contributed by atoms with van der Waals surface area (Å²) in [5.74, 6) is 1.35. The van der Waals surface area contributed by atoms with E-state index in [4.69, 9.17) is 9.47 Å². The molecule has 0 aliphatic carbocycles. The van der Waals surface area contributed by atoms with E-state index in [1.807, 2.05) is 30.3 Å². The Morgan fingerprint density at radius 1 is 1.00 bits per heavy atom. The summed E-state index contributed by atoms with van der Waals surface area (Å²) in [6, 6.07) is 12.9. The Morgan fingerprint density at radius 2 is 1.70 bits per heavy atom. The van der Waals surface area contributed by atoms with Crippen LogP contribution in [0.15, 0.2) is 46.9 Å². The number of carbonyl (C=O) groups excluding carboxylic acids is 1. The van der Waals surface area contributed by atoms with Crippen molar-refractivity contribution in [1.29, 1.82) is 0 Å². The lowest BCUT2D eigenvalue weighted by atomic mass is 10.0. The van der Waals surface area contributed by atoms with Crippen molar-refractivity contribution in [2.24, 2.45) is 0 Å². The zero-order valence-corrected chi connectivity index (χ0v) is 18.1. The summed E-state index contributed by atoms with van der Waals surface area (Å²) in [6.45, 7) is 7.18.